The molecule has 0 radical (unpaired) electrons. The fraction of sp³-hybridized carbons (Fsp3) is 0.312. The summed E-state index contributed by atoms with van der Waals surface area (Å²) in [5, 5.41) is 5.41. The Kier molecular flexibility index (Phi) is 3.33. The van der Waals surface area contributed by atoms with Gasteiger partial charge in [-0.2, -0.15) is 5.10 Å². The number of nitrogens with zero attached hydrogens (tertiary/aromatic N) is 4. The Morgan fingerprint density at radius 1 is 1.19 bits per heavy atom. The molecule has 3 rings (SSSR count). The molecule has 0 unspecified atom stereocenters. The summed E-state index contributed by atoms with van der Waals surface area (Å²) in [6.07, 6.45) is 5.55. The number of hydrogen-bond donors (Lipinski definition) is 0. The fourth-order valence-corrected chi connectivity index (χ4v) is 2.65. The molecule has 0 spiro atoms. The van der Waals surface area contributed by atoms with E-state index < -0.39 is 0 Å². The van der Waals surface area contributed by atoms with Crippen LogP contribution in [0.4, 0.5) is 0 Å². The summed E-state index contributed by atoms with van der Waals surface area (Å²) < 4.78 is 7.49. The predicted molar refractivity (Wildman–Crippen MR) is 82.5 cm³/mol. The predicted octanol–water partition coefficient (Wildman–Crippen LogP) is 3.14. The molecule has 5 heteroatoms. The third kappa shape index (κ3) is 2.14. The Bertz CT molecular complexity index is 807. The van der Waals surface area contributed by atoms with Crippen LogP contribution in [0.2, 0.25) is 0 Å². The van der Waals surface area contributed by atoms with Crippen molar-refractivity contribution in [1.82, 2.24) is 19.7 Å². The van der Waals surface area contributed by atoms with E-state index in [1.165, 1.54) is 0 Å². The second-order valence-electron chi connectivity index (χ2n) is 5.05. The van der Waals surface area contributed by atoms with Crippen molar-refractivity contribution in [2.75, 3.05) is 7.11 Å². The summed E-state index contributed by atoms with van der Waals surface area (Å²) in [6.45, 7) is 6.83. The quantitative estimate of drug-likeness (QED) is 0.740. The molecule has 108 valence electrons. The van der Waals surface area contributed by atoms with Crippen molar-refractivity contribution < 1.29 is 4.74 Å². The Labute approximate surface area is 123 Å². The highest BCUT2D eigenvalue weighted by Crippen LogP contribution is 2.38. The second-order valence-corrected chi connectivity index (χ2v) is 5.05. The monoisotopic (exact) mass is 282 g/mol. The first-order valence-corrected chi connectivity index (χ1v) is 6.97. The number of rotatable bonds is 3. The molecule has 0 aromatic carbocycles. The van der Waals surface area contributed by atoms with Gasteiger partial charge in [-0.1, -0.05) is 0 Å². The number of aryl methyl sites for hydroxylation is 3. The van der Waals surface area contributed by atoms with Gasteiger partial charge in [-0.3, -0.25) is 4.98 Å². The summed E-state index contributed by atoms with van der Waals surface area (Å²) in [5.74, 6) is 0.783. The zero-order valence-corrected chi connectivity index (χ0v) is 12.7. The number of fused-ring (bicyclic) bond motifs is 1. The highest BCUT2D eigenvalue weighted by atomic mass is 16.5. The van der Waals surface area contributed by atoms with Gasteiger partial charge in [0.1, 0.15) is 5.75 Å². The third-order valence-electron chi connectivity index (χ3n) is 3.58. The minimum atomic E-state index is 0.783. The van der Waals surface area contributed by atoms with Crippen LogP contribution in [0.5, 0.6) is 5.75 Å². The molecule has 0 aliphatic carbocycles. The number of aromatic nitrogens is 4. The highest BCUT2D eigenvalue weighted by Gasteiger charge is 2.18. The molecule has 0 saturated carbocycles. The van der Waals surface area contributed by atoms with E-state index in [9.17, 15) is 0 Å². The van der Waals surface area contributed by atoms with Crippen molar-refractivity contribution in [2.45, 2.75) is 27.3 Å². The van der Waals surface area contributed by atoms with Crippen LogP contribution in [0.3, 0.4) is 0 Å². The first kappa shape index (κ1) is 13.5. The standard InChI is InChI=1S/C16H18N4O/c1-5-20-16-13(9-18-20)14(15(21-4)11(3)19-16)12-6-10(2)7-17-8-12/h6-9H,5H2,1-4H3. The van der Waals surface area contributed by atoms with Gasteiger partial charge in [0, 0.05) is 30.1 Å². The maximum absolute atomic E-state index is 5.59. The van der Waals surface area contributed by atoms with Gasteiger partial charge in [-0.05, 0) is 32.4 Å². The first-order chi connectivity index (χ1) is 10.2. The van der Waals surface area contributed by atoms with Gasteiger partial charge in [0.05, 0.1) is 24.4 Å². The SMILES string of the molecule is CCn1ncc2c(-c3cncc(C)c3)c(OC)c(C)nc21. The van der Waals surface area contributed by atoms with Crippen LogP contribution in [-0.4, -0.2) is 26.9 Å². The van der Waals surface area contributed by atoms with E-state index in [0.717, 1.165) is 45.7 Å². The molecule has 0 amide bonds. The van der Waals surface area contributed by atoms with Crippen LogP contribution < -0.4 is 4.74 Å². The van der Waals surface area contributed by atoms with Gasteiger partial charge in [0.15, 0.2) is 5.65 Å². The molecule has 5 nitrogen and oxygen atoms in total. The Balaban J connectivity index is 2.40. The molecule has 0 fully saturated rings. The van der Waals surface area contributed by atoms with E-state index in [1.807, 2.05) is 37.1 Å². The van der Waals surface area contributed by atoms with E-state index >= 15 is 0 Å². The molecular formula is C16H18N4O. The molecule has 0 atom stereocenters. The lowest BCUT2D eigenvalue weighted by Gasteiger charge is -2.13. The molecule has 0 bridgehead atoms. The van der Waals surface area contributed by atoms with Gasteiger partial charge in [-0.25, -0.2) is 9.67 Å². The molecule has 0 N–H and O–H groups in total. The van der Waals surface area contributed by atoms with Crippen LogP contribution in [0.25, 0.3) is 22.2 Å². The highest BCUT2D eigenvalue weighted by molar-refractivity contribution is 5.96. The zero-order chi connectivity index (χ0) is 15.0. The Morgan fingerprint density at radius 2 is 2.00 bits per heavy atom. The van der Waals surface area contributed by atoms with E-state index in [-0.39, 0.29) is 0 Å². The van der Waals surface area contributed by atoms with Gasteiger partial charge in [0.25, 0.3) is 0 Å². The summed E-state index contributed by atoms with van der Waals surface area (Å²) in [4.78, 5) is 8.94. The third-order valence-corrected chi connectivity index (χ3v) is 3.58. The lowest BCUT2D eigenvalue weighted by Crippen LogP contribution is -2.01. The Morgan fingerprint density at radius 3 is 2.67 bits per heavy atom. The molecule has 3 aromatic rings. The lowest BCUT2D eigenvalue weighted by atomic mass is 10.0. The summed E-state index contributed by atoms with van der Waals surface area (Å²) in [6, 6.07) is 2.10. The van der Waals surface area contributed by atoms with Crippen LogP contribution in [-0.2, 0) is 6.54 Å². The summed E-state index contributed by atoms with van der Waals surface area (Å²) in [7, 11) is 1.67. The van der Waals surface area contributed by atoms with Gasteiger partial charge in [-0.15, -0.1) is 0 Å². The van der Waals surface area contributed by atoms with Crippen LogP contribution in [0.15, 0.2) is 24.7 Å². The molecule has 3 aromatic heterocycles. The topological polar surface area (TPSA) is 52.8 Å². The van der Waals surface area contributed by atoms with Crippen molar-refractivity contribution in [3.05, 3.63) is 35.9 Å². The second kappa shape index (κ2) is 5.16. The number of methoxy groups -OCH3 is 1. The van der Waals surface area contributed by atoms with Gasteiger partial charge in [0.2, 0.25) is 0 Å². The smallest absolute Gasteiger partial charge is 0.158 e. The van der Waals surface area contributed by atoms with Crippen LogP contribution >= 0.6 is 0 Å². The number of pyridine rings is 2. The maximum atomic E-state index is 5.59. The normalized spacial score (nSPS) is 11.0. The molecule has 0 aliphatic heterocycles. The van der Waals surface area contributed by atoms with E-state index in [2.05, 4.69) is 28.1 Å². The molecular weight excluding hydrogens is 264 g/mol. The lowest BCUT2D eigenvalue weighted by molar-refractivity contribution is 0.411. The van der Waals surface area contributed by atoms with Crippen LogP contribution in [0, 0.1) is 13.8 Å². The number of ether oxygens (including phenoxy) is 1. The van der Waals surface area contributed by atoms with E-state index in [1.54, 1.807) is 7.11 Å². The molecule has 0 aliphatic rings. The van der Waals surface area contributed by atoms with E-state index in [4.69, 9.17) is 4.74 Å². The molecule has 3 heterocycles. The van der Waals surface area contributed by atoms with Crippen molar-refractivity contribution in [2.24, 2.45) is 0 Å². The van der Waals surface area contributed by atoms with Gasteiger partial charge >= 0.3 is 0 Å². The summed E-state index contributed by atoms with van der Waals surface area (Å²) >= 11 is 0. The number of hydrogen-bond acceptors (Lipinski definition) is 4. The van der Waals surface area contributed by atoms with E-state index in [0.29, 0.717) is 0 Å². The van der Waals surface area contributed by atoms with Gasteiger partial charge < -0.3 is 4.74 Å². The largest absolute Gasteiger partial charge is 0.494 e. The average Bonchev–Trinajstić information content (AvgIpc) is 2.88. The molecule has 0 saturated heterocycles. The fourth-order valence-electron chi connectivity index (χ4n) is 2.65. The van der Waals surface area contributed by atoms with Crippen molar-refractivity contribution >= 4 is 11.0 Å². The first-order valence-electron chi connectivity index (χ1n) is 6.97. The van der Waals surface area contributed by atoms with Crippen molar-refractivity contribution in [3.63, 3.8) is 0 Å². The van der Waals surface area contributed by atoms with Crippen molar-refractivity contribution in [3.8, 4) is 16.9 Å². The molecule has 21 heavy (non-hydrogen) atoms. The maximum Gasteiger partial charge on any atom is 0.158 e. The average molecular weight is 282 g/mol. The Hall–Kier alpha value is -2.43. The minimum absolute atomic E-state index is 0.783. The zero-order valence-electron chi connectivity index (χ0n) is 12.7. The van der Waals surface area contributed by atoms with Crippen LogP contribution in [0.1, 0.15) is 18.2 Å². The van der Waals surface area contributed by atoms with Crippen molar-refractivity contribution in [1.29, 1.82) is 0 Å². The minimum Gasteiger partial charge on any atom is -0.494 e. The summed E-state index contributed by atoms with van der Waals surface area (Å²) in [5.41, 5.74) is 4.89.